The summed E-state index contributed by atoms with van der Waals surface area (Å²) in [5.41, 5.74) is 0.726. The van der Waals surface area contributed by atoms with Gasteiger partial charge in [0, 0.05) is 12.6 Å². The van der Waals surface area contributed by atoms with E-state index in [1.807, 2.05) is 0 Å². The summed E-state index contributed by atoms with van der Waals surface area (Å²) in [6.45, 7) is 1.16. The van der Waals surface area contributed by atoms with Crippen LogP contribution < -0.4 is 14.8 Å². The zero-order valence-electron chi connectivity index (χ0n) is 12.1. The second kappa shape index (κ2) is 7.70. The molecule has 0 radical (unpaired) electrons. The predicted octanol–water partition coefficient (Wildman–Crippen LogP) is 1.50. The van der Waals surface area contributed by atoms with E-state index in [2.05, 4.69) is 10.1 Å². The largest absolute Gasteiger partial charge is 0.486 e. The minimum Gasteiger partial charge on any atom is -0.486 e. The quantitative estimate of drug-likeness (QED) is 0.656. The number of rotatable bonds is 5. The van der Waals surface area contributed by atoms with E-state index < -0.39 is 5.97 Å². The third-order valence-electron chi connectivity index (χ3n) is 2.89. The van der Waals surface area contributed by atoms with Crippen LogP contribution in [0.2, 0.25) is 5.02 Å². The first-order chi connectivity index (χ1) is 10.6. The van der Waals surface area contributed by atoms with Gasteiger partial charge in [-0.2, -0.15) is 0 Å². The van der Waals surface area contributed by atoms with E-state index in [1.54, 1.807) is 12.1 Å². The van der Waals surface area contributed by atoms with Crippen molar-refractivity contribution in [3.63, 3.8) is 0 Å². The fourth-order valence-corrected chi connectivity index (χ4v) is 2.20. The van der Waals surface area contributed by atoms with Crippen LogP contribution in [0.25, 0.3) is 0 Å². The van der Waals surface area contributed by atoms with Gasteiger partial charge in [-0.25, -0.2) is 4.79 Å². The molecule has 6 nitrogen and oxygen atoms in total. The molecule has 1 aliphatic heterocycles. The maximum atomic E-state index is 11.8. The van der Waals surface area contributed by atoms with E-state index in [0.717, 1.165) is 5.56 Å². The van der Waals surface area contributed by atoms with Gasteiger partial charge in [0.1, 0.15) is 13.2 Å². The molecule has 22 heavy (non-hydrogen) atoms. The number of ether oxygens (including phenoxy) is 3. The normalized spacial score (nSPS) is 13.0. The van der Waals surface area contributed by atoms with Crippen molar-refractivity contribution < 1.29 is 23.8 Å². The lowest BCUT2D eigenvalue weighted by Gasteiger charge is -2.20. The lowest BCUT2D eigenvalue weighted by Crippen LogP contribution is -2.25. The Hall–Kier alpha value is -2.21. The number of halogens is 1. The third-order valence-corrected chi connectivity index (χ3v) is 3.17. The number of benzene rings is 1. The highest BCUT2D eigenvalue weighted by Gasteiger charge is 2.17. The highest BCUT2D eigenvalue weighted by atomic mass is 35.5. The molecule has 0 atom stereocenters. The van der Waals surface area contributed by atoms with Crippen LogP contribution in [0, 0.1) is 0 Å². The van der Waals surface area contributed by atoms with Crippen LogP contribution in [0.5, 0.6) is 11.5 Å². The Balaban J connectivity index is 1.90. The molecule has 7 heteroatoms. The number of carbonyl (C=O) groups excluding carboxylic acids is 2. The third kappa shape index (κ3) is 4.39. The standard InChI is InChI=1S/C15H16ClNO5/c1-20-14(19)3-2-4-17-13(18)9-10-7-11(16)15-12(8-10)21-5-6-22-15/h2-3,7-8H,4-6,9H2,1H3,(H,17,18)/b3-2+. The highest BCUT2D eigenvalue weighted by Crippen LogP contribution is 2.38. The number of hydrogen-bond donors (Lipinski definition) is 1. The number of esters is 1. The molecule has 1 aliphatic rings. The van der Waals surface area contributed by atoms with E-state index in [4.69, 9.17) is 21.1 Å². The topological polar surface area (TPSA) is 73.9 Å². The van der Waals surface area contributed by atoms with Crippen molar-refractivity contribution in [1.29, 1.82) is 0 Å². The first-order valence-corrected chi connectivity index (χ1v) is 7.07. The van der Waals surface area contributed by atoms with E-state index in [-0.39, 0.29) is 18.9 Å². The van der Waals surface area contributed by atoms with E-state index in [9.17, 15) is 9.59 Å². The molecule has 118 valence electrons. The van der Waals surface area contributed by atoms with Gasteiger partial charge in [-0.1, -0.05) is 17.7 Å². The van der Waals surface area contributed by atoms with E-state index >= 15 is 0 Å². The zero-order chi connectivity index (χ0) is 15.9. The number of hydrogen-bond acceptors (Lipinski definition) is 5. The summed E-state index contributed by atoms with van der Waals surface area (Å²) < 4.78 is 15.3. The average Bonchev–Trinajstić information content (AvgIpc) is 2.51. The summed E-state index contributed by atoms with van der Waals surface area (Å²) >= 11 is 6.11. The van der Waals surface area contributed by atoms with Crippen molar-refractivity contribution in [2.45, 2.75) is 6.42 Å². The van der Waals surface area contributed by atoms with E-state index in [0.29, 0.717) is 29.7 Å². The number of methoxy groups -OCH3 is 1. The highest BCUT2D eigenvalue weighted by molar-refractivity contribution is 6.32. The molecule has 0 spiro atoms. The molecule has 0 aromatic heterocycles. The van der Waals surface area contributed by atoms with Crippen LogP contribution in [0.3, 0.4) is 0 Å². The Morgan fingerprint density at radius 2 is 2.14 bits per heavy atom. The van der Waals surface area contributed by atoms with Crippen molar-refractivity contribution in [3.05, 3.63) is 34.9 Å². The van der Waals surface area contributed by atoms with Crippen molar-refractivity contribution in [2.75, 3.05) is 26.9 Å². The molecule has 1 amide bonds. The fourth-order valence-electron chi connectivity index (χ4n) is 1.91. The molecule has 1 heterocycles. The smallest absolute Gasteiger partial charge is 0.330 e. The lowest BCUT2D eigenvalue weighted by atomic mass is 10.1. The van der Waals surface area contributed by atoms with Gasteiger partial charge < -0.3 is 19.5 Å². The first-order valence-electron chi connectivity index (χ1n) is 6.69. The molecule has 0 bridgehead atoms. The molecule has 0 saturated carbocycles. The molecule has 1 N–H and O–H groups in total. The zero-order valence-corrected chi connectivity index (χ0v) is 12.8. The summed E-state index contributed by atoms with van der Waals surface area (Å²) in [7, 11) is 1.29. The lowest BCUT2D eigenvalue weighted by molar-refractivity contribution is -0.134. The Morgan fingerprint density at radius 3 is 2.91 bits per heavy atom. The number of fused-ring (bicyclic) bond motifs is 1. The van der Waals surface area contributed by atoms with Crippen LogP contribution in [0.4, 0.5) is 0 Å². The Kier molecular flexibility index (Phi) is 5.66. The van der Waals surface area contributed by atoms with Crippen molar-refractivity contribution in [3.8, 4) is 11.5 Å². The van der Waals surface area contributed by atoms with Gasteiger partial charge >= 0.3 is 5.97 Å². The van der Waals surface area contributed by atoms with Crippen molar-refractivity contribution in [1.82, 2.24) is 5.32 Å². The molecule has 0 fully saturated rings. The minimum atomic E-state index is -0.465. The van der Waals surface area contributed by atoms with Crippen LogP contribution in [0.1, 0.15) is 5.56 Å². The maximum Gasteiger partial charge on any atom is 0.330 e. The van der Waals surface area contributed by atoms with Crippen LogP contribution in [-0.4, -0.2) is 38.7 Å². The fraction of sp³-hybridized carbons (Fsp3) is 0.333. The molecule has 2 rings (SSSR count). The predicted molar refractivity (Wildman–Crippen MR) is 80.3 cm³/mol. The number of nitrogens with one attached hydrogen (secondary N) is 1. The summed E-state index contributed by atoms with van der Waals surface area (Å²) in [5.74, 6) is 0.403. The van der Waals surface area contributed by atoms with Crippen molar-refractivity contribution >= 4 is 23.5 Å². The van der Waals surface area contributed by atoms with Gasteiger partial charge in [-0.05, 0) is 17.7 Å². The molecule has 1 aromatic carbocycles. The van der Waals surface area contributed by atoms with Crippen LogP contribution in [0.15, 0.2) is 24.3 Å². The maximum absolute atomic E-state index is 11.8. The van der Waals surface area contributed by atoms with Gasteiger partial charge in [-0.3, -0.25) is 4.79 Å². The molecule has 0 saturated heterocycles. The van der Waals surface area contributed by atoms with Gasteiger partial charge in [0.25, 0.3) is 0 Å². The van der Waals surface area contributed by atoms with Crippen LogP contribution >= 0.6 is 11.6 Å². The molecule has 0 unspecified atom stereocenters. The average molecular weight is 326 g/mol. The second-order valence-corrected chi connectivity index (χ2v) is 4.92. The molecular formula is C15H16ClNO5. The van der Waals surface area contributed by atoms with Crippen molar-refractivity contribution in [2.24, 2.45) is 0 Å². The first kappa shape index (κ1) is 16.2. The molecule has 1 aromatic rings. The Bertz CT molecular complexity index is 600. The summed E-state index contributed by atoms with van der Waals surface area (Å²) in [4.78, 5) is 22.7. The summed E-state index contributed by atoms with van der Waals surface area (Å²) in [6.07, 6.45) is 2.92. The summed E-state index contributed by atoms with van der Waals surface area (Å²) in [6, 6.07) is 3.42. The number of amides is 1. The molecular weight excluding hydrogens is 310 g/mol. The van der Waals surface area contributed by atoms with Gasteiger partial charge in [0.2, 0.25) is 5.91 Å². The van der Waals surface area contributed by atoms with E-state index in [1.165, 1.54) is 19.3 Å². The second-order valence-electron chi connectivity index (χ2n) is 4.51. The number of carbonyl (C=O) groups is 2. The molecule has 0 aliphatic carbocycles. The van der Waals surface area contributed by atoms with Gasteiger partial charge in [0.15, 0.2) is 11.5 Å². The summed E-state index contributed by atoms with van der Waals surface area (Å²) in [5, 5.41) is 3.08. The monoisotopic (exact) mass is 325 g/mol. The van der Waals surface area contributed by atoms with Gasteiger partial charge in [0.05, 0.1) is 18.6 Å². The SMILES string of the molecule is COC(=O)/C=C/CNC(=O)Cc1cc(Cl)c2c(c1)OCCO2. The van der Waals surface area contributed by atoms with Crippen LogP contribution in [-0.2, 0) is 20.7 Å². The Labute approximate surface area is 133 Å². The minimum absolute atomic E-state index is 0.155. The van der Waals surface area contributed by atoms with Gasteiger partial charge in [-0.15, -0.1) is 0 Å². The Morgan fingerprint density at radius 1 is 1.36 bits per heavy atom.